The SMILES string of the molecule is c1ccc([C@H]2COC([C@@H]3C4c5ccccc5C(c5ccccc54)[C@H]3C3=N[C@@H](c4ccccc4)CO3)=N2)cc1. The first-order valence-corrected chi connectivity index (χ1v) is 13.6. The van der Waals surface area contributed by atoms with Crippen molar-refractivity contribution in [2.45, 2.75) is 23.9 Å². The molecule has 0 saturated carbocycles. The Morgan fingerprint density at radius 1 is 0.447 bits per heavy atom. The summed E-state index contributed by atoms with van der Waals surface area (Å²) in [6, 6.07) is 38.8. The van der Waals surface area contributed by atoms with E-state index in [1.807, 2.05) is 12.1 Å². The summed E-state index contributed by atoms with van der Waals surface area (Å²) in [7, 11) is 0. The van der Waals surface area contributed by atoms with Crippen molar-refractivity contribution in [2.75, 3.05) is 13.2 Å². The normalized spacial score (nSPS) is 28.5. The Kier molecular flexibility index (Phi) is 5.00. The summed E-state index contributed by atoms with van der Waals surface area (Å²) >= 11 is 0. The maximum Gasteiger partial charge on any atom is 0.189 e. The third-order valence-electron chi connectivity index (χ3n) is 8.72. The maximum atomic E-state index is 6.48. The van der Waals surface area contributed by atoms with E-state index in [-0.39, 0.29) is 35.8 Å². The highest BCUT2D eigenvalue weighted by atomic mass is 16.5. The fraction of sp³-hybridized carbons (Fsp3) is 0.235. The molecule has 4 heteroatoms. The third kappa shape index (κ3) is 3.29. The number of benzene rings is 4. The molecule has 0 spiro atoms. The van der Waals surface area contributed by atoms with Crippen LogP contribution in [0.1, 0.15) is 57.3 Å². The number of rotatable bonds is 4. The lowest BCUT2D eigenvalue weighted by Gasteiger charge is -2.49. The molecule has 3 aliphatic carbocycles. The number of fused-ring (bicyclic) bond motifs is 1. The maximum absolute atomic E-state index is 6.48. The molecule has 0 unspecified atom stereocenters. The summed E-state index contributed by atoms with van der Waals surface area (Å²) in [5.41, 5.74) is 7.91. The molecule has 0 radical (unpaired) electrons. The zero-order valence-corrected chi connectivity index (χ0v) is 21.0. The molecule has 186 valence electrons. The number of ether oxygens (including phenoxy) is 2. The van der Waals surface area contributed by atoms with Gasteiger partial charge in [0.2, 0.25) is 0 Å². The van der Waals surface area contributed by atoms with Gasteiger partial charge in [0.05, 0.1) is 11.8 Å². The van der Waals surface area contributed by atoms with Crippen LogP contribution in [-0.4, -0.2) is 25.0 Å². The molecule has 2 heterocycles. The van der Waals surface area contributed by atoms with E-state index in [9.17, 15) is 0 Å². The topological polar surface area (TPSA) is 43.2 Å². The van der Waals surface area contributed by atoms with Gasteiger partial charge in [0.15, 0.2) is 11.8 Å². The number of hydrogen-bond donors (Lipinski definition) is 0. The first kappa shape index (κ1) is 21.9. The fourth-order valence-corrected chi connectivity index (χ4v) is 7.11. The van der Waals surface area contributed by atoms with E-state index in [4.69, 9.17) is 19.5 Å². The van der Waals surface area contributed by atoms with Crippen LogP contribution < -0.4 is 0 Å². The van der Waals surface area contributed by atoms with Gasteiger partial charge in [0, 0.05) is 11.8 Å². The second kappa shape index (κ2) is 8.70. The van der Waals surface area contributed by atoms with E-state index in [0.29, 0.717) is 13.2 Å². The molecule has 4 aromatic carbocycles. The molecule has 5 aliphatic rings. The Morgan fingerprint density at radius 2 is 0.789 bits per heavy atom. The van der Waals surface area contributed by atoms with Crippen molar-refractivity contribution >= 4 is 11.8 Å². The van der Waals surface area contributed by atoms with Gasteiger partial charge in [0.1, 0.15) is 25.3 Å². The molecule has 0 amide bonds. The Labute approximate surface area is 222 Å². The van der Waals surface area contributed by atoms with Crippen molar-refractivity contribution in [3.8, 4) is 0 Å². The van der Waals surface area contributed by atoms with Gasteiger partial charge >= 0.3 is 0 Å². The van der Waals surface area contributed by atoms with Crippen LogP contribution in [-0.2, 0) is 9.47 Å². The number of hydrogen-bond acceptors (Lipinski definition) is 4. The third-order valence-corrected chi connectivity index (χ3v) is 8.72. The van der Waals surface area contributed by atoms with Crippen molar-refractivity contribution in [3.63, 3.8) is 0 Å². The highest BCUT2D eigenvalue weighted by Gasteiger charge is 2.56. The van der Waals surface area contributed by atoms with Crippen LogP contribution in [0.25, 0.3) is 0 Å². The van der Waals surface area contributed by atoms with Crippen LogP contribution >= 0.6 is 0 Å². The van der Waals surface area contributed by atoms with E-state index < -0.39 is 0 Å². The average molecular weight is 497 g/mol. The quantitative estimate of drug-likeness (QED) is 0.310. The highest BCUT2D eigenvalue weighted by Crippen LogP contribution is 2.60. The molecule has 4 atom stereocenters. The van der Waals surface area contributed by atoms with E-state index in [2.05, 4.69) is 97.1 Å². The average Bonchev–Trinajstić information content (AvgIpc) is 3.69. The van der Waals surface area contributed by atoms with Gasteiger partial charge in [-0.1, -0.05) is 109 Å². The predicted octanol–water partition coefficient (Wildman–Crippen LogP) is 6.85. The molecule has 4 aromatic rings. The summed E-state index contributed by atoms with van der Waals surface area (Å²) in [5, 5.41) is 0. The molecule has 2 aliphatic heterocycles. The monoisotopic (exact) mass is 496 g/mol. The molecule has 0 aromatic heterocycles. The minimum Gasteiger partial charge on any atom is -0.478 e. The lowest BCUT2D eigenvalue weighted by Crippen LogP contribution is -2.47. The summed E-state index contributed by atoms with van der Waals surface area (Å²) in [5.74, 6) is 2.05. The summed E-state index contributed by atoms with van der Waals surface area (Å²) < 4.78 is 13.0. The Morgan fingerprint density at radius 3 is 1.16 bits per heavy atom. The van der Waals surface area contributed by atoms with Crippen molar-refractivity contribution < 1.29 is 9.47 Å². The first-order valence-electron chi connectivity index (χ1n) is 13.6. The predicted molar refractivity (Wildman–Crippen MR) is 149 cm³/mol. The largest absolute Gasteiger partial charge is 0.478 e. The molecule has 0 fully saturated rings. The number of nitrogens with zero attached hydrogens (tertiary/aromatic N) is 2. The van der Waals surface area contributed by atoms with Crippen molar-refractivity contribution in [1.82, 2.24) is 0 Å². The van der Waals surface area contributed by atoms with Crippen LogP contribution in [0.5, 0.6) is 0 Å². The van der Waals surface area contributed by atoms with Gasteiger partial charge < -0.3 is 9.47 Å². The molecule has 0 N–H and O–H groups in total. The summed E-state index contributed by atoms with van der Waals surface area (Å²) in [4.78, 5) is 10.5. The molecular formula is C34H28N2O2. The highest BCUT2D eigenvalue weighted by molar-refractivity contribution is 5.93. The lowest BCUT2D eigenvalue weighted by molar-refractivity contribution is 0.234. The van der Waals surface area contributed by atoms with Crippen molar-refractivity contribution in [1.29, 1.82) is 0 Å². The molecule has 2 bridgehead atoms. The van der Waals surface area contributed by atoms with Crippen LogP contribution in [0, 0.1) is 11.8 Å². The molecular weight excluding hydrogens is 468 g/mol. The van der Waals surface area contributed by atoms with Crippen LogP contribution in [0.3, 0.4) is 0 Å². The minimum atomic E-state index is 0.0151. The van der Waals surface area contributed by atoms with Crippen molar-refractivity contribution in [3.05, 3.63) is 143 Å². The lowest BCUT2D eigenvalue weighted by atomic mass is 9.54. The Hall–Kier alpha value is -4.18. The van der Waals surface area contributed by atoms with Gasteiger partial charge in [-0.3, -0.25) is 0 Å². The van der Waals surface area contributed by atoms with Crippen LogP contribution in [0.15, 0.2) is 119 Å². The minimum absolute atomic E-state index is 0.0151. The molecule has 4 nitrogen and oxygen atoms in total. The fourth-order valence-electron chi connectivity index (χ4n) is 7.11. The van der Waals surface area contributed by atoms with Gasteiger partial charge in [-0.05, 0) is 33.4 Å². The zero-order valence-electron chi connectivity index (χ0n) is 21.0. The van der Waals surface area contributed by atoms with E-state index in [0.717, 1.165) is 11.8 Å². The van der Waals surface area contributed by atoms with Gasteiger partial charge in [-0.2, -0.15) is 0 Å². The summed E-state index contributed by atoms with van der Waals surface area (Å²) in [6.07, 6.45) is 0. The molecule has 0 saturated heterocycles. The van der Waals surface area contributed by atoms with Crippen LogP contribution in [0.2, 0.25) is 0 Å². The molecule has 38 heavy (non-hydrogen) atoms. The molecule has 9 rings (SSSR count). The standard InChI is InChI=1S/C34H28N2O2/c1-3-11-21(12-4-1)27-19-37-33(35-27)31-29-23-15-7-9-17-25(23)30(26-18-10-8-16-24(26)29)32(31)34-36-28(20-38-34)22-13-5-2-6-14-22/h1-18,27-32H,19-20H2/t27-,28-,29?,30?,31-,32-/m1/s1. The number of aliphatic imine (C=N–C) groups is 2. The Bertz CT molecular complexity index is 1400. The van der Waals surface area contributed by atoms with E-state index in [1.54, 1.807) is 0 Å². The van der Waals surface area contributed by atoms with Gasteiger partial charge in [-0.25, -0.2) is 9.98 Å². The Balaban J connectivity index is 1.29. The smallest absolute Gasteiger partial charge is 0.189 e. The van der Waals surface area contributed by atoms with Gasteiger partial charge in [0.25, 0.3) is 0 Å². The zero-order chi connectivity index (χ0) is 25.1. The van der Waals surface area contributed by atoms with E-state index in [1.165, 1.54) is 33.4 Å². The second-order valence-electron chi connectivity index (χ2n) is 10.7. The summed E-state index contributed by atoms with van der Waals surface area (Å²) in [6.45, 7) is 1.15. The van der Waals surface area contributed by atoms with Crippen LogP contribution in [0.4, 0.5) is 0 Å². The van der Waals surface area contributed by atoms with E-state index >= 15 is 0 Å². The van der Waals surface area contributed by atoms with Crippen molar-refractivity contribution in [2.24, 2.45) is 21.8 Å². The van der Waals surface area contributed by atoms with Gasteiger partial charge in [-0.15, -0.1) is 0 Å². The first-order chi connectivity index (χ1) is 18.9. The second-order valence-corrected chi connectivity index (χ2v) is 10.7.